The van der Waals surface area contributed by atoms with Crippen LogP contribution in [0.3, 0.4) is 0 Å². The minimum atomic E-state index is -0.686. The lowest BCUT2D eigenvalue weighted by Crippen LogP contribution is -2.32. The predicted molar refractivity (Wildman–Crippen MR) is 89.1 cm³/mol. The van der Waals surface area contributed by atoms with Gasteiger partial charge >= 0.3 is 5.63 Å². The van der Waals surface area contributed by atoms with Crippen LogP contribution in [0.1, 0.15) is 27.9 Å². The maximum Gasteiger partial charge on any atom is 0.349 e. The summed E-state index contributed by atoms with van der Waals surface area (Å²) in [6.07, 6.45) is 0.795. The first kappa shape index (κ1) is 17.0. The van der Waals surface area contributed by atoms with Gasteiger partial charge in [0.15, 0.2) is 0 Å². The molecule has 0 radical (unpaired) electrons. The first-order valence-corrected chi connectivity index (χ1v) is 7.54. The van der Waals surface area contributed by atoms with Gasteiger partial charge in [0, 0.05) is 24.5 Å². The van der Waals surface area contributed by atoms with Gasteiger partial charge in [0.05, 0.1) is 0 Å². The van der Waals surface area contributed by atoms with Crippen molar-refractivity contribution in [2.75, 3.05) is 27.2 Å². The van der Waals surface area contributed by atoms with Gasteiger partial charge in [0.25, 0.3) is 5.91 Å². The normalized spacial score (nSPS) is 11.0. The van der Waals surface area contributed by atoms with Gasteiger partial charge in [-0.05, 0) is 51.6 Å². The van der Waals surface area contributed by atoms with Crippen molar-refractivity contribution in [3.8, 4) is 5.75 Å². The number of fused-ring (bicyclic) bond motifs is 1. The number of amides is 1. The maximum atomic E-state index is 12.4. The van der Waals surface area contributed by atoms with Crippen molar-refractivity contribution in [3.05, 3.63) is 39.2 Å². The average Bonchev–Trinajstić information content (AvgIpc) is 2.52. The largest absolute Gasteiger partial charge is 0.507 e. The zero-order valence-electron chi connectivity index (χ0n) is 13.9. The fraction of sp³-hybridized carbons (Fsp3) is 0.412. The number of phenolic OH excluding ortho intramolecular Hbond substituents is 1. The fourth-order valence-electron chi connectivity index (χ4n) is 2.54. The molecule has 0 unspecified atom stereocenters. The van der Waals surface area contributed by atoms with Crippen LogP contribution in [-0.2, 0) is 0 Å². The van der Waals surface area contributed by atoms with Crippen molar-refractivity contribution in [1.82, 2.24) is 10.2 Å². The van der Waals surface area contributed by atoms with Gasteiger partial charge in [-0.25, -0.2) is 4.79 Å². The SMILES string of the molecule is CNCCCN(C)C(=O)c1cc2cc(C)c(O)c(C)c2oc1=O. The quantitative estimate of drug-likeness (QED) is 0.649. The van der Waals surface area contributed by atoms with Crippen LogP contribution >= 0.6 is 0 Å². The van der Waals surface area contributed by atoms with Crippen LogP contribution in [0, 0.1) is 13.8 Å². The van der Waals surface area contributed by atoms with Crippen LogP contribution < -0.4 is 10.9 Å². The lowest BCUT2D eigenvalue weighted by molar-refractivity contribution is 0.0789. The summed E-state index contributed by atoms with van der Waals surface area (Å²) in [4.78, 5) is 26.1. The van der Waals surface area contributed by atoms with E-state index in [0.717, 1.165) is 13.0 Å². The number of nitrogens with one attached hydrogen (secondary N) is 1. The highest BCUT2D eigenvalue weighted by Gasteiger charge is 2.19. The molecular weight excluding hydrogens is 296 g/mol. The van der Waals surface area contributed by atoms with E-state index in [9.17, 15) is 14.7 Å². The highest BCUT2D eigenvalue weighted by molar-refractivity contribution is 5.97. The number of phenols is 1. The Morgan fingerprint density at radius 1 is 1.35 bits per heavy atom. The highest BCUT2D eigenvalue weighted by atomic mass is 16.4. The Hall–Kier alpha value is -2.34. The number of hydrogen-bond acceptors (Lipinski definition) is 5. The monoisotopic (exact) mass is 318 g/mol. The third kappa shape index (κ3) is 3.37. The second-order valence-corrected chi connectivity index (χ2v) is 5.72. The molecule has 23 heavy (non-hydrogen) atoms. The highest BCUT2D eigenvalue weighted by Crippen LogP contribution is 2.29. The van der Waals surface area contributed by atoms with E-state index in [0.29, 0.717) is 28.6 Å². The van der Waals surface area contributed by atoms with Crippen LogP contribution in [0.5, 0.6) is 5.75 Å². The fourth-order valence-corrected chi connectivity index (χ4v) is 2.54. The summed E-state index contributed by atoms with van der Waals surface area (Å²) in [5.41, 5.74) is 0.804. The minimum Gasteiger partial charge on any atom is -0.507 e. The van der Waals surface area contributed by atoms with Crippen LogP contribution in [0.4, 0.5) is 0 Å². The van der Waals surface area contributed by atoms with Crippen LogP contribution in [0.15, 0.2) is 21.3 Å². The molecule has 6 heteroatoms. The molecule has 0 saturated carbocycles. The Labute approximate surface area is 134 Å². The van der Waals surface area contributed by atoms with E-state index in [4.69, 9.17) is 4.42 Å². The molecule has 0 spiro atoms. The number of nitrogens with zero attached hydrogens (tertiary/aromatic N) is 1. The van der Waals surface area contributed by atoms with E-state index >= 15 is 0 Å². The minimum absolute atomic E-state index is 0.00828. The molecule has 0 atom stereocenters. The smallest absolute Gasteiger partial charge is 0.349 e. The molecule has 0 fully saturated rings. The lowest BCUT2D eigenvalue weighted by Gasteiger charge is -2.16. The molecule has 1 aromatic carbocycles. The zero-order chi connectivity index (χ0) is 17.1. The number of carbonyl (C=O) groups excluding carboxylic acids is 1. The predicted octanol–water partition coefficient (Wildman–Crippen LogP) is 1.80. The van der Waals surface area contributed by atoms with Gasteiger partial charge in [0.1, 0.15) is 16.9 Å². The summed E-state index contributed by atoms with van der Waals surface area (Å²) in [6.45, 7) is 4.78. The van der Waals surface area contributed by atoms with Crippen molar-refractivity contribution < 1.29 is 14.3 Å². The average molecular weight is 318 g/mol. The standard InChI is InChI=1S/C17H22N2O4/c1-10-8-12-9-13(16(21)19(4)7-5-6-18-3)17(22)23-15(12)11(2)14(10)20/h8-9,18,20H,5-7H2,1-4H3. The first-order chi connectivity index (χ1) is 10.9. The van der Waals surface area contributed by atoms with Gasteiger partial charge in [-0.3, -0.25) is 4.79 Å². The molecule has 0 aliphatic carbocycles. The molecule has 2 aromatic rings. The third-order valence-corrected chi connectivity index (χ3v) is 3.92. The third-order valence-electron chi connectivity index (χ3n) is 3.92. The first-order valence-electron chi connectivity index (χ1n) is 7.54. The molecule has 0 aliphatic heterocycles. The molecular formula is C17H22N2O4. The second-order valence-electron chi connectivity index (χ2n) is 5.72. The number of carbonyl (C=O) groups is 1. The molecule has 2 rings (SSSR count). The van der Waals surface area contributed by atoms with E-state index in [2.05, 4.69) is 5.32 Å². The second kappa shape index (κ2) is 6.83. The summed E-state index contributed by atoms with van der Waals surface area (Å²) < 4.78 is 5.28. The molecule has 2 N–H and O–H groups in total. The summed E-state index contributed by atoms with van der Waals surface area (Å²) in [7, 11) is 3.51. The Balaban J connectivity index is 2.42. The Kier molecular flexibility index (Phi) is 5.05. The molecule has 1 aromatic heterocycles. The van der Waals surface area contributed by atoms with Gasteiger partial charge in [-0.15, -0.1) is 0 Å². The van der Waals surface area contributed by atoms with Crippen LogP contribution in [-0.4, -0.2) is 43.1 Å². The van der Waals surface area contributed by atoms with E-state index in [-0.39, 0.29) is 17.2 Å². The Bertz CT molecular complexity index is 795. The summed E-state index contributed by atoms with van der Waals surface area (Å²) in [6, 6.07) is 3.25. The number of rotatable bonds is 5. The van der Waals surface area contributed by atoms with Crippen LogP contribution in [0.2, 0.25) is 0 Å². The topological polar surface area (TPSA) is 82.8 Å². The molecule has 0 aliphatic rings. The molecule has 1 heterocycles. The Morgan fingerprint density at radius 2 is 2.04 bits per heavy atom. The molecule has 0 bridgehead atoms. The number of benzene rings is 1. The zero-order valence-corrected chi connectivity index (χ0v) is 13.9. The van der Waals surface area contributed by atoms with Crippen molar-refractivity contribution in [3.63, 3.8) is 0 Å². The van der Waals surface area contributed by atoms with Crippen molar-refractivity contribution in [2.45, 2.75) is 20.3 Å². The summed E-state index contributed by atoms with van der Waals surface area (Å²) in [5.74, 6) is -0.260. The van der Waals surface area contributed by atoms with E-state index in [1.165, 1.54) is 11.0 Å². The summed E-state index contributed by atoms with van der Waals surface area (Å²) >= 11 is 0. The summed E-state index contributed by atoms with van der Waals surface area (Å²) in [5, 5.41) is 13.6. The van der Waals surface area contributed by atoms with Gasteiger partial charge in [-0.2, -0.15) is 0 Å². The van der Waals surface area contributed by atoms with Gasteiger partial charge in [-0.1, -0.05) is 0 Å². The molecule has 6 nitrogen and oxygen atoms in total. The number of aromatic hydroxyl groups is 1. The van der Waals surface area contributed by atoms with Gasteiger partial charge < -0.3 is 19.7 Å². The molecule has 0 saturated heterocycles. The van der Waals surface area contributed by atoms with E-state index < -0.39 is 5.63 Å². The van der Waals surface area contributed by atoms with E-state index in [1.807, 2.05) is 7.05 Å². The molecule has 1 amide bonds. The lowest BCUT2D eigenvalue weighted by atomic mass is 10.0. The maximum absolute atomic E-state index is 12.4. The number of aryl methyl sites for hydroxylation is 2. The Morgan fingerprint density at radius 3 is 2.70 bits per heavy atom. The van der Waals surface area contributed by atoms with Crippen molar-refractivity contribution in [1.29, 1.82) is 0 Å². The van der Waals surface area contributed by atoms with Gasteiger partial charge in [0.2, 0.25) is 0 Å². The van der Waals surface area contributed by atoms with Crippen LogP contribution in [0.25, 0.3) is 11.0 Å². The molecule has 124 valence electrons. The van der Waals surface area contributed by atoms with Crippen molar-refractivity contribution in [2.24, 2.45) is 0 Å². The van der Waals surface area contributed by atoms with E-state index in [1.54, 1.807) is 27.0 Å². The van der Waals surface area contributed by atoms with Crippen molar-refractivity contribution >= 4 is 16.9 Å². The number of hydrogen-bond donors (Lipinski definition) is 2.